The van der Waals surface area contributed by atoms with Gasteiger partial charge >= 0.3 is 17.9 Å². The Morgan fingerprint density at radius 3 is 0.778 bits per heavy atom. The highest BCUT2D eigenvalue weighted by molar-refractivity contribution is 5.71. The maximum absolute atomic E-state index is 12.9. The van der Waals surface area contributed by atoms with Crippen LogP contribution in [0.4, 0.5) is 0 Å². The summed E-state index contributed by atoms with van der Waals surface area (Å²) in [6, 6.07) is 0. The van der Waals surface area contributed by atoms with Crippen molar-refractivity contribution in [3.63, 3.8) is 0 Å². The molecule has 466 valence electrons. The number of rotatable bonds is 63. The molecule has 0 N–H and O–H groups in total. The zero-order valence-corrected chi connectivity index (χ0v) is 53.5. The first-order valence-corrected chi connectivity index (χ1v) is 34.7. The SMILES string of the molecule is CC/C=C\C/C=C\C/C=C\C/C=C\CCCCCCC(=O)OCC(COC(=O)CCCCCCCCCCCCCCCCC/C=C\C/C=C\CCCCCCC)OC(=O)CCCCCCCCCCC/C=C\C/C=C\CCCCC. The van der Waals surface area contributed by atoms with Gasteiger partial charge in [0.05, 0.1) is 0 Å². The Morgan fingerprint density at radius 1 is 0.259 bits per heavy atom. The fourth-order valence-corrected chi connectivity index (χ4v) is 9.85. The van der Waals surface area contributed by atoms with Gasteiger partial charge in [-0.1, -0.05) is 298 Å². The minimum Gasteiger partial charge on any atom is -0.462 e. The maximum Gasteiger partial charge on any atom is 0.306 e. The van der Waals surface area contributed by atoms with Gasteiger partial charge < -0.3 is 14.2 Å². The standard InChI is InChI=1S/C75H130O6/c1-4-7-10-13-16-19-22-25-28-31-33-34-35-36-37-38-39-40-42-44-47-50-53-56-59-62-65-68-74(77)80-71-72(70-79-73(76)67-64-61-58-55-52-49-46-43-30-27-24-21-18-15-12-9-6-3)81-75(78)69-66-63-60-57-54-51-48-45-41-32-29-26-23-20-17-14-11-8-5-2/h9,12,17-18,20-22,25-27,29-31,33,46,49,72H,4-8,10-11,13-16,19,23-24,28,32,34-45,47-48,50-71H2,1-3H3/b12-9-,20-17-,21-18-,25-22-,29-26-,30-27-,33-31-,49-46-. The zero-order valence-electron chi connectivity index (χ0n) is 53.5. The fourth-order valence-electron chi connectivity index (χ4n) is 9.85. The normalized spacial score (nSPS) is 12.7. The van der Waals surface area contributed by atoms with Gasteiger partial charge in [0.1, 0.15) is 13.2 Å². The Labute approximate surface area is 502 Å². The predicted molar refractivity (Wildman–Crippen MR) is 353 cm³/mol. The summed E-state index contributed by atoms with van der Waals surface area (Å²) in [4.78, 5) is 38.4. The van der Waals surface area contributed by atoms with E-state index < -0.39 is 6.10 Å². The van der Waals surface area contributed by atoms with Crippen molar-refractivity contribution in [3.05, 3.63) is 97.2 Å². The van der Waals surface area contributed by atoms with Crippen LogP contribution in [-0.4, -0.2) is 37.2 Å². The molecule has 0 aliphatic heterocycles. The third-order valence-electron chi connectivity index (χ3n) is 15.0. The molecule has 0 aromatic rings. The van der Waals surface area contributed by atoms with Gasteiger partial charge in [0.15, 0.2) is 6.10 Å². The molecule has 0 amide bonds. The molecule has 0 bridgehead atoms. The van der Waals surface area contributed by atoms with E-state index in [1.165, 1.54) is 193 Å². The highest BCUT2D eigenvalue weighted by Crippen LogP contribution is 2.17. The van der Waals surface area contributed by atoms with Crippen LogP contribution in [0.25, 0.3) is 0 Å². The molecule has 0 spiro atoms. The largest absolute Gasteiger partial charge is 0.462 e. The van der Waals surface area contributed by atoms with Gasteiger partial charge in [0.2, 0.25) is 0 Å². The molecule has 0 heterocycles. The lowest BCUT2D eigenvalue weighted by molar-refractivity contribution is -0.167. The number of esters is 3. The van der Waals surface area contributed by atoms with Gasteiger partial charge in [0.25, 0.3) is 0 Å². The summed E-state index contributed by atoms with van der Waals surface area (Å²) in [5.41, 5.74) is 0. The van der Waals surface area contributed by atoms with E-state index in [1.807, 2.05) is 0 Å². The van der Waals surface area contributed by atoms with E-state index in [-0.39, 0.29) is 31.1 Å². The quantitative estimate of drug-likeness (QED) is 0.0261. The van der Waals surface area contributed by atoms with Crippen LogP contribution in [-0.2, 0) is 28.6 Å². The van der Waals surface area contributed by atoms with E-state index in [2.05, 4.69) is 118 Å². The molecular weight excluding hydrogens is 997 g/mol. The highest BCUT2D eigenvalue weighted by Gasteiger charge is 2.19. The first kappa shape index (κ1) is 77.3. The molecule has 0 radical (unpaired) electrons. The Hall–Kier alpha value is -3.67. The second kappa shape index (κ2) is 68.8. The van der Waals surface area contributed by atoms with E-state index in [1.54, 1.807) is 0 Å². The Morgan fingerprint density at radius 2 is 0.481 bits per heavy atom. The highest BCUT2D eigenvalue weighted by atomic mass is 16.6. The molecule has 81 heavy (non-hydrogen) atoms. The van der Waals surface area contributed by atoms with Crippen molar-refractivity contribution in [2.45, 2.75) is 348 Å². The third-order valence-corrected chi connectivity index (χ3v) is 15.0. The van der Waals surface area contributed by atoms with Crippen LogP contribution in [0.1, 0.15) is 342 Å². The van der Waals surface area contributed by atoms with Crippen molar-refractivity contribution in [3.8, 4) is 0 Å². The summed E-state index contributed by atoms with van der Waals surface area (Å²) in [5, 5.41) is 0. The van der Waals surface area contributed by atoms with Gasteiger partial charge in [-0.05, 0) is 122 Å². The van der Waals surface area contributed by atoms with Gasteiger partial charge in [-0.15, -0.1) is 0 Å². The Balaban J connectivity index is 4.34. The molecule has 6 nitrogen and oxygen atoms in total. The first-order valence-electron chi connectivity index (χ1n) is 34.7. The second-order valence-electron chi connectivity index (χ2n) is 23.1. The molecular formula is C75H130O6. The molecule has 0 fully saturated rings. The topological polar surface area (TPSA) is 78.9 Å². The summed E-state index contributed by atoms with van der Waals surface area (Å²) in [5.74, 6) is -0.900. The summed E-state index contributed by atoms with van der Waals surface area (Å²) in [6.07, 6.45) is 92.8. The number of hydrogen-bond donors (Lipinski definition) is 0. The van der Waals surface area contributed by atoms with E-state index in [0.717, 1.165) is 109 Å². The Bertz CT molecular complexity index is 1580. The smallest absolute Gasteiger partial charge is 0.306 e. The number of unbranched alkanes of at least 4 members (excludes halogenated alkanes) is 36. The molecule has 0 rings (SSSR count). The van der Waals surface area contributed by atoms with Crippen molar-refractivity contribution >= 4 is 17.9 Å². The van der Waals surface area contributed by atoms with Crippen LogP contribution in [0.5, 0.6) is 0 Å². The van der Waals surface area contributed by atoms with Crippen molar-refractivity contribution in [1.29, 1.82) is 0 Å². The predicted octanol–water partition coefficient (Wildman–Crippen LogP) is 24.0. The van der Waals surface area contributed by atoms with Gasteiger partial charge in [-0.2, -0.15) is 0 Å². The average Bonchev–Trinajstić information content (AvgIpc) is 3.47. The Kier molecular flexibility index (Phi) is 65.7. The van der Waals surface area contributed by atoms with Gasteiger partial charge in [-0.3, -0.25) is 14.4 Å². The molecule has 0 aliphatic carbocycles. The third kappa shape index (κ3) is 67.0. The number of hydrogen-bond acceptors (Lipinski definition) is 6. The lowest BCUT2D eigenvalue weighted by Gasteiger charge is -2.18. The molecule has 0 aliphatic rings. The van der Waals surface area contributed by atoms with Crippen LogP contribution >= 0.6 is 0 Å². The van der Waals surface area contributed by atoms with Crippen LogP contribution in [0.3, 0.4) is 0 Å². The first-order chi connectivity index (χ1) is 40.0. The molecule has 0 aromatic carbocycles. The monoisotopic (exact) mass is 1130 g/mol. The molecule has 1 atom stereocenters. The summed E-state index contributed by atoms with van der Waals surface area (Å²) in [6.45, 7) is 6.51. The van der Waals surface area contributed by atoms with E-state index >= 15 is 0 Å². The summed E-state index contributed by atoms with van der Waals surface area (Å²) < 4.78 is 17.0. The molecule has 6 heteroatoms. The minimum absolute atomic E-state index is 0.0857. The minimum atomic E-state index is -0.792. The molecule has 0 aromatic heterocycles. The van der Waals surface area contributed by atoms with Crippen molar-refractivity contribution in [2.24, 2.45) is 0 Å². The summed E-state index contributed by atoms with van der Waals surface area (Å²) >= 11 is 0. The second-order valence-corrected chi connectivity index (χ2v) is 23.1. The van der Waals surface area contributed by atoms with E-state index in [4.69, 9.17) is 14.2 Å². The van der Waals surface area contributed by atoms with Crippen LogP contribution in [0.15, 0.2) is 97.2 Å². The van der Waals surface area contributed by atoms with E-state index in [0.29, 0.717) is 19.3 Å². The molecule has 0 saturated carbocycles. The lowest BCUT2D eigenvalue weighted by Crippen LogP contribution is -2.30. The van der Waals surface area contributed by atoms with Crippen molar-refractivity contribution < 1.29 is 28.6 Å². The van der Waals surface area contributed by atoms with Crippen molar-refractivity contribution in [1.82, 2.24) is 0 Å². The number of ether oxygens (including phenoxy) is 3. The molecule has 1 unspecified atom stereocenters. The number of allylic oxidation sites excluding steroid dienone is 16. The molecule has 0 saturated heterocycles. The number of carbonyl (C=O) groups excluding carboxylic acids is 3. The maximum atomic E-state index is 12.9. The van der Waals surface area contributed by atoms with Crippen LogP contribution in [0.2, 0.25) is 0 Å². The van der Waals surface area contributed by atoms with Crippen molar-refractivity contribution in [2.75, 3.05) is 13.2 Å². The van der Waals surface area contributed by atoms with Crippen LogP contribution in [0, 0.1) is 0 Å². The summed E-state index contributed by atoms with van der Waals surface area (Å²) in [7, 11) is 0. The van der Waals surface area contributed by atoms with E-state index in [9.17, 15) is 14.4 Å². The van der Waals surface area contributed by atoms with Gasteiger partial charge in [0, 0.05) is 19.3 Å². The lowest BCUT2D eigenvalue weighted by atomic mass is 10.0. The van der Waals surface area contributed by atoms with Crippen LogP contribution < -0.4 is 0 Å². The average molecular weight is 1130 g/mol. The van der Waals surface area contributed by atoms with Gasteiger partial charge in [-0.25, -0.2) is 0 Å². The number of carbonyl (C=O) groups is 3. The zero-order chi connectivity index (χ0) is 58.5. The fraction of sp³-hybridized carbons (Fsp3) is 0.747.